The van der Waals surface area contributed by atoms with Crippen LogP contribution >= 0.6 is 11.3 Å². The lowest BCUT2D eigenvalue weighted by Crippen LogP contribution is -2.39. The monoisotopic (exact) mass is 408 g/mol. The van der Waals surface area contributed by atoms with E-state index >= 15 is 0 Å². The molecule has 1 aromatic carbocycles. The summed E-state index contributed by atoms with van der Waals surface area (Å²) in [5.74, 6) is 1.12. The van der Waals surface area contributed by atoms with Crippen molar-refractivity contribution in [2.24, 2.45) is 0 Å². The summed E-state index contributed by atoms with van der Waals surface area (Å²) >= 11 is 1.66. The van der Waals surface area contributed by atoms with Gasteiger partial charge in [-0.05, 0) is 43.5 Å². The summed E-state index contributed by atoms with van der Waals surface area (Å²) in [6.45, 7) is 1.99. The lowest BCUT2D eigenvalue weighted by molar-refractivity contribution is -0.132. The molecule has 2 heterocycles. The smallest absolute Gasteiger partial charge is 0.222 e. The van der Waals surface area contributed by atoms with Gasteiger partial charge in [0.05, 0.1) is 16.5 Å². The number of carbonyl (C=O) groups excluding carboxylic acids is 1. The topological polar surface area (TPSA) is 76.6 Å². The fourth-order valence-corrected chi connectivity index (χ4v) is 4.59. The molecule has 1 fully saturated rings. The normalized spacial score (nSPS) is 17.7. The molecule has 146 valence electrons. The van der Waals surface area contributed by atoms with E-state index in [2.05, 4.69) is 4.98 Å². The standard InChI is InChI=1S/C19H24N2O4S2/c1-27(23,24)17-8-6-16(7-9-17)25-12-3-5-18(22)21-11-2-4-15(14-21)19-20-10-13-26-19/h6-10,13,15H,2-5,11-12,14H2,1H3. The Labute approximate surface area is 164 Å². The van der Waals surface area contributed by atoms with Crippen LogP contribution in [0, 0.1) is 0 Å². The largest absolute Gasteiger partial charge is 0.494 e. The maximum Gasteiger partial charge on any atom is 0.222 e. The van der Waals surface area contributed by atoms with Gasteiger partial charge in [0.1, 0.15) is 5.75 Å². The van der Waals surface area contributed by atoms with Crippen molar-refractivity contribution < 1.29 is 17.9 Å². The van der Waals surface area contributed by atoms with Crippen LogP contribution in [-0.2, 0) is 14.6 Å². The third kappa shape index (κ3) is 5.52. The van der Waals surface area contributed by atoms with E-state index in [1.54, 1.807) is 23.5 Å². The maximum atomic E-state index is 12.5. The molecule has 1 aliphatic rings. The number of amides is 1. The van der Waals surface area contributed by atoms with Crippen molar-refractivity contribution in [3.05, 3.63) is 40.8 Å². The number of piperidine rings is 1. The number of likely N-dealkylation sites (tertiary alicyclic amines) is 1. The van der Waals surface area contributed by atoms with E-state index in [0.717, 1.165) is 30.9 Å². The number of ether oxygens (including phenoxy) is 1. The number of thiazole rings is 1. The summed E-state index contributed by atoms with van der Waals surface area (Å²) in [5, 5.41) is 3.10. The molecule has 1 saturated heterocycles. The minimum Gasteiger partial charge on any atom is -0.494 e. The van der Waals surface area contributed by atoms with Gasteiger partial charge in [-0.1, -0.05) is 0 Å². The first kappa shape index (κ1) is 19.8. The molecule has 0 aliphatic carbocycles. The number of carbonyl (C=O) groups is 1. The number of sulfone groups is 1. The lowest BCUT2D eigenvalue weighted by atomic mass is 9.98. The van der Waals surface area contributed by atoms with Gasteiger partial charge in [0.2, 0.25) is 5.91 Å². The molecule has 0 N–H and O–H groups in total. The number of nitrogens with zero attached hydrogens (tertiary/aromatic N) is 2. The minimum atomic E-state index is -3.20. The Hall–Kier alpha value is -1.93. The van der Waals surface area contributed by atoms with Gasteiger partial charge in [0.25, 0.3) is 0 Å². The second-order valence-electron chi connectivity index (χ2n) is 6.74. The van der Waals surface area contributed by atoms with Gasteiger partial charge in [0.15, 0.2) is 9.84 Å². The van der Waals surface area contributed by atoms with Crippen molar-refractivity contribution in [3.63, 3.8) is 0 Å². The second-order valence-corrected chi connectivity index (χ2v) is 9.69. The maximum absolute atomic E-state index is 12.5. The molecule has 1 amide bonds. The third-order valence-corrected chi connectivity index (χ3v) is 6.70. The molecular formula is C19H24N2O4S2. The fraction of sp³-hybridized carbons (Fsp3) is 0.474. The van der Waals surface area contributed by atoms with Crippen molar-refractivity contribution in [2.45, 2.75) is 36.5 Å². The van der Waals surface area contributed by atoms with Crippen LogP contribution in [0.2, 0.25) is 0 Å². The Bertz CT molecular complexity index is 848. The molecule has 8 heteroatoms. The number of rotatable bonds is 7. The Kier molecular flexibility index (Phi) is 6.49. The molecule has 6 nitrogen and oxygen atoms in total. The quantitative estimate of drug-likeness (QED) is 0.658. The Morgan fingerprint density at radius 2 is 2.11 bits per heavy atom. The summed E-state index contributed by atoms with van der Waals surface area (Å²) in [7, 11) is -3.20. The molecular weight excluding hydrogens is 384 g/mol. The van der Waals surface area contributed by atoms with Crippen LogP contribution in [0.4, 0.5) is 0 Å². The van der Waals surface area contributed by atoms with Gasteiger partial charge in [-0.3, -0.25) is 4.79 Å². The zero-order valence-electron chi connectivity index (χ0n) is 15.3. The molecule has 0 spiro atoms. The van der Waals surface area contributed by atoms with Gasteiger partial charge in [0, 0.05) is 43.3 Å². The van der Waals surface area contributed by atoms with Crippen LogP contribution in [0.1, 0.15) is 36.6 Å². The molecule has 1 aromatic heterocycles. The molecule has 27 heavy (non-hydrogen) atoms. The molecule has 1 unspecified atom stereocenters. The van der Waals surface area contributed by atoms with Gasteiger partial charge in [-0.15, -0.1) is 11.3 Å². The van der Waals surface area contributed by atoms with Crippen molar-refractivity contribution in [1.29, 1.82) is 0 Å². The summed E-state index contributed by atoms with van der Waals surface area (Å²) < 4.78 is 28.5. The number of hydrogen-bond acceptors (Lipinski definition) is 6. The highest BCUT2D eigenvalue weighted by atomic mass is 32.2. The van der Waals surface area contributed by atoms with E-state index in [-0.39, 0.29) is 10.8 Å². The summed E-state index contributed by atoms with van der Waals surface area (Å²) in [5.41, 5.74) is 0. The van der Waals surface area contributed by atoms with Gasteiger partial charge in [-0.25, -0.2) is 13.4 Å². The Morgan fingerprint density at radius 1 is 1.33 bits per heavy atom. The van der Waals surface area contributed by atoms with Crippen LogP contribution in [0.5, 0.6) is 5.75 Å². The third-order valence-electron chi connectivity index (χ3n) is 4.63. The van der Waals surface area contributed by atoms with E-state index < -0.39 is 9.84 Å². The summed E-state index contributed by atoms with van der Waals surface area (Å²) in [6, 6.07) is 6.34. The highest BCUT2D eigenvalue weighted by molar-refractivity contribution is 7.90. The lowest BCUT2D eigenvalue weighted by Gasteiger charge is -2.32. The molecule has 0 saturated carbocycles. The first-order chi connectivity index (χ1) is 12.9. The second kappa shape index (κ2) is 8.84. The highest BCUT2D eigenvalue weighted by Crippen LogP contribution is 2.28. The number of aromatic nitrogens is 1. The molecule has 3 rings (SSSR count). The highest BCUT2D eigenvalue weighted by Gasteiger charge is 2.25. The Morgan fingerprint density at radius 3 is 2.78 bits per heavy atom. The van der Waals surface area contributed by atoms with Crippen LogP contribution < -0.4 is 4.74 Å². The average molecular weight is 409 g/mol. The van der Waals surface area contributed by atoms with Crippen molar-refractivity contribution in [2.75, 3.05) is 26.0 Å². The number of benzene rings is 1. The van der Waals surface area contributed by atoms with E-state index in [1.165, 1.54) is 18.4 Å². The van der Waals surface area contributed by atoms with E-state index in [4.69, 9.17) is 4.74 Å². The first-order valence-electron chi connectivity index (χ1n) is 9.03. The van der Waals surface area contributed by atoms with Crippen molar-refractivity contribution in [1.82, 2.24) is 9.88 Å². The van der Waals surface area contributed by atoms with Crippen LogP contribution in [0.3, 0.4) is 0 Å². The minimum absolute atomic E-state index is 0.160. The molecule has 0 bridgehead atoms. The average Bonchev–Trinajstić information content (AvgIpc) is 3.20. The van der Waals surface area contributed by atoms with Crippen molar-refractivity contribution in [3.8, 4) is 5.75 Å². The molecule has 0 radical (unpaired) electrons. The van der Waals surface area contributed by atoms with Gasteiger partial charge in [-0.2, -0.15) is 0 Å². The van der Waals surface area contributed by atoms with Crippen LogP contribution in [0.15, 0.2) is 40.7 Å². The Balaban J connectivity index is 1.41. The van der Waals surface area contributed by atoms with Crippen LogP contribution in [0.25, 0.3) is 0 Å². The van der Waals surface area contributed by atoms with E-state index in [0.29, 0.717) is 31.1 Å². The zero-order chi connectivity index (χ0) is 19.3. The molecule has 2 aromatic rings. The molecule has 1 aliphatic heterocycles. The fourth-order valence-electron chi connectivity index (χ4n) is 3.20. The first-order valence-corrected chi connectivity index (χ1v) is 11.8. The van der Waals surface area contributed by atoms with Gasteiger partial charge < -0.3 is 9.64 Å². The predicted octanol–water partition coefficient (Wildman–Crippen LogP) is 3.11. The number of hydrogen-bond donors (Lipinski definition) is 0. The van der Waals surface area contributed by atoms with Crippen LogP contribution in [-0.4, -0.2) is 50.2 Å². The van der Waals surface area contributed by atoms with E-state index in [9.17, 15) is 13.2 Å². The summed E-state index contributed by atoms with van der Waals surface area (Å²) in [4.78, 5) is 19.1. The SMILES string of the molecule is CS(=O)(=O)c1ccc(OCCCC(=O)N2CCCC(c3nccs3)C2)cc1. The summed E-state index contributed by atoms with van der Waals surface area (Å²) in [6.07, 6.45) is 6.18. The van der Waals surface area contributed by atoms with Crippen molar-refractivity contribution >= 4 is 27.1 Å². The predicted molar refractivity (Wildman–Crippen MR) is 105 cm³/mol. The van der Waals surface area contributed by atoms with E-state index in [1.807, 2.05) is 16.5 Å². The van der Waals surface area contributed by atoms with Gasteiger partial charge >= 0.3 is 0 Å². The zero-order valence-corrected chi connectivity index (χ0v) is 17.0. The molecule has 1 atom stereocenters.